The lowest BCUT2D eigenvalue weighted by Gasteiger charge is -2.42. The summed E-state index contributed by atoms with van der Waals surface area (Å²) in [5.41, 5.74) is 0.605. The molecule has 2 nitrogen and oxygen atoms in total. The summed E-state index contributed by atoms with van der Waals surface area (Å²) in [6.07, 6.45) is 5.33. The molecule has 0 saturated heterocycles. The van der Waals surface area contributed by atoms with Gasteiger partial charge in [0, 0.05) is 12.8 Å². The van der Waals surface area contributed by atoms with Crippen LogP contribution in [0, 0.1) is 5.41 Å². The van der Waals surface area contributed by atoms with Crippen LogP contribution >= 0.6 is 0 Å². The Labute approximate surface area is 82.0 Å². The van der Waals surface area contributed by atoms with Gasteiger partial charge in [-0.05, 0) is 31.8 Å². The minimum atomic E-state index is 0.605. The third kappa shape index (κ3) is 2.80. The molecule has 0 spiro atoms. The Balaban J connectivity index is 2.18. The summed E-state index contributed by atoms with van der Waals surface area (Å²) in [6, 6.07) is 0.736. The molecular weight excluding hydrogens is 160 g/mol. The zero-order chi connectivity index (χ0) is 9.90. The topological polar surface area (TPSA) is 15.0 Å². The molecule has 13 heavy (non-hydrogen) atoms. The second-order valence-electron chi connectivity index (χ2n) is 4.84. The first-order valence-electron chi connectivity index (χ1n) is 5.25. The SMILES string of the molecule is C=[N+](C)C1CC(C)(CCCNC)C1. The summed E-state index contributed by atoms with van der Waals surface area (Å²) >= 11 is 0. The van der Waals surface area contributed by atoms with Crippen LogP contribution in [0.3, 0.4) is 0 Å². The van der Waals surface area contributed by atoms with Crippen molar-refractivity contribution in [1.82, 2.24) is 5.32 Å². The summed E-state index contributed by atoms with van der Waals surface area (Å²) in [6.45, 7) is 7.50. The van der Waals surface area contributed by atoms with Crippen LogP contribution in [0.1, 0.15) is 32.6 Å². The highest BCUT2D eigenvalue weighted by molar-refractivity contribution is 5.15. The smallest absolute Gasteiger partial charge is 0.152 e. The van der Waals surface area contributed by atoms with Crippen molar-refractivity contribution in [3.8, 4) is 0 Å². The van der Waals surface area contributed by atoms with Gasteiger partial charge in [-0.3, -0.25) is 0 Å². The highest BCUT2D eigenvalue weighted by Crippen LogP contribution is 2.45. The molecule has 0 aromatic rings. The van der Waals surface area contributed by atoms with E-state index in [0.29, 0.717) is 5.41 Å². The molecule has 1 fully saturated rings. The lowest BCUT2D eigenvalue weighted by atomic mass is 9.64. The minimum absolute atomic E-state index is 0.605. The van der Waals surface area contributed by atoms with E-state index >= 15 is 0 Å². The van der Waals surface area contributed by atoms with Gasteiger partial charge in [0.25, 0.3) is 0 Å². The Bertz CT molecular complexity index is 181. The average Bonchev–Trinajstić information content (AvgIpc) is 2.00. The van der Waals surface area contributed by atoms with E-state index in [-0.39, 0.29) is 0 Å². The van der Waals surface area contributed by atoms with E-state index in [2.05, 4.69) is 30.6 Å². The molecule has 0 aliphatic heterocycles. The van der Waals surface area contributed by atoms with Gasteiger partial charge in [-0.25, -0.2) is 4.58 Å². The van der Waals surface area contributed by atoms with Crippen LogP contribution in [-0.4, -0.2) is 38.0 Å². The molecule has 1 aliphatic carbocycles. The number of hydrogen-bond acceptors (Lipinski definition) is 1. The van der Waals surface area contributed by atoms with E-state index in [4.69, 9.17) is 0 Å². The maximum Gasteiger partial charge on any atom is 0.152 e. The molecule has 1 N–H and O–H groups in total. The summed E-state index contributed by atoms with van der Waals surface area (Å²) < 4.78 is 2.11. The molecule has 0 bridgehead atoms. The Kier molecular flexibility index (Phi) is 3.48. The molecule has 0 unspecified atom stereocenters. The first kappa shape index (κ1) is 10.7. The van der Waals surface area contributed by atoms with Crippen molar-refractivity contribution >= 4 is 6.72 Å². The molecule has 0 radical (unpaired) electrons. The third-order valence-corrected chi connectivity index (χ3v) is 3.29. The molecule has 1 rings (SSSR count). The quantitative estimate of drug-likeness (QED) is 0.388. The molecule has 0 heterocycles. The monoisotopic (exact) mass is 183 g/mol. The van der Waals surface area contributed by atoms with E-state index in [1.54, 1.807) is 0 Å². The predicted octanol–water partition coefficient (Wildman–Crippen LogP) is 1.50. The highest BCUT2D eigenvalue weighted by Gasteiger charge is 2.44. The van der Waals surface area contributed by atoms with Gasteiger partial charge >= 0.3 is 0 Å². The van der Waals surface area contributed by atoms with Crippen molar-refractivity contribution in [2.24, 2.45) is 5.41 Å². The van der Waals surface area contributed by atoms with Crippen LogP contribution in [0.4, 0.5) is 0 Å². The second kappa shape index (κ2) is 4.23. The fourth-order valence-electron chi connectivity index (χ4n) is 2.29. The normalized spacial score (nSPS) is 32.7. The molecule has 0 aromatic heterocycles. The zero-order valence-corrected chi connectivity index (χ0v) is 9.27. The fourth-order valence-corrected chi connectivity index (χ4v) is 2.29. The molecular formula is C11H23N2+. The Morgan fingerprint density at radius 1 is 1.54 bits per heavy atom. The van der Waals surface area contributed by atoms with E-state index in [1.807, 2.05) is 7.05 Å². The summed E-state index contributed by atoms with van der Waals surface area (Å²) in [5, 5.41) is 3.20. The Morgan fingerprint density at radius 2 is 2.15 bits per heavy atom. The van der Waals surface area contributed by atoms with Crippen molar-refractivity contribution < 1.29 is 4.58 Å². The van der Waals surface area contributed by atoms with Crippen molar-refractivity contribution in [2.75, 3.05) is 20.6 Å². The van der Waals surface area contributed by atoms with E-state index < -0.39 is 0 Å². The van der Waals surface area contributed by atoms with E-state index in [0.717, 1.165) is 12.6 Å². The maximum absolute atomic E-state index is 3.94. The first-order valence-corrected chi connectivity index (χ1v) is 5.25. The van der Waals surface area contributed by atoms with Crippen LogP contribution in [0.25, 0.3) is 0 Å². The lowest BCUT2D eigenvalue weighted by molar-refractivity contribution is -0.553. The number of nitrogens with zero attached hydrogens (tertiary/aromatic N) is 1. The van der Waals surface area contributed by atoms with Gasteiger partial charge in [-0.1, -0.05) is 6.92 Å². The standard InChI is InChI=1S/C11H23N2/c1-11(6-5-7-12-2)8-10(9-11)13(3)4/h10,12H,3,5-9H2,1-2,4H3/q+1. The number of nitrogens with one attached hydrogen (secondary N) is 1. The molecule has 0 amide bonds. The second-order valence-corrected chi connectivity index (χ2v) is 4.84. The molecule has 2 heteroatoms. The largest absolute Gasteiger partial charge is 0.320 e. The van der Waals surface area contributed by atoms with Crippen LogP contribution in [0.15, 0.2) is 0 Å². The van der Waals surface area contributed by atoms with Gasteiger partial charge in [0.1, 0.15) is 13.8 Å². The molecule has 0 atom stereocenters. The number of hydrogen-bond donors (Lipinski definition) is 1. The first-order chi connectivity index (χ1) is 6.07. The molecule has 0 aromatic carbocycles. The molecule has 1 aliphatic rings. The fraction of sp³-hybridized carbons (Fsp3) is 0.909. The Hall–Kier alpha value is -0.370. The van der Waals surface area contributed by atoms with Gasteiger partial charge in [0.2, 0.25) is 0 Å². The van der Waals surface area contributed by atoms with Crippen molar-refractivity contribution in [3.63, 3.8) is 0 Å². The van der Waals surface area contributed by atoms with Crippen molar-refractivity contribution in [1.29, 1.82) is 0 Å². The van der Waals surface area contributed by atoms with Gasteiger partial charge in [0.05, 0.1) is 0 Å². The van der Waals surface area contributed by atoms with E-state index in [1.165, 1.54) is 25.7 Å². The average molecular weight is 183 g/mol. The molecule has 76 valence electrons. The summed E-state index contributed by atoms with van der Waals surface area (Å²) in [5.74, 6) is 0. The molecule has 1 saturated carbocycles. The van der Waals surface area contributed by atoms with Crippen LogP contribution in [0.2, 0.25) is 0 Å². The van der Waals surface area contributed by atoms with Crippen molar-refractivity contribution in [3.05, 3.63) is 0 Å². The van der Waals surface area contributed by atoms with E-state index in [9.17, 15) is 0 Å². The van der Waals surface area contributed by atoms with Gasteiger partial charge in [0.15, 0.2) is 6.04 Å². The highest BCUT2D eigenvalue weighted by atomic mass is 15.0. The third-order valence-electron chi connectivity index (χ3n) is 3.29. The minimum Gasteiger partial charge on any atom is -0.320 e. The summed E-state index contributed by atoms with van der Waals surface area (Å²) in [4.78, 5) is 0. The summed E-state index contributed by atoms with van der Waals surface area (Å²) in [7, 11) is 4.10. The van der Waals surface area contributed by atoms with Crippen LogP contribution in [-0.2, 0) is 0 Å². The van der Waals surface area contributed by atoms with Gasteiger partial charge in [-0.15, -0.1) is 0 Å². The zero-order valence-electron chi connectivity index (χ0n) is 9.27. The lowest BCUT2D eigenvalue weighted by Crippen LogP contribution is -2.44. The van der Waals surface area contributed by atoms with Gasteiger partial charge in [-0.2, -0.15) is 0 Å². The van der Waals surface area contributed by atoms with Crippen molar-refractivity contribution in [2.45, 2.75) is 38.6 Å². The number of rotatable bonds is 5. The van der Waals surface area contributed by atoms with Crippen LogP contribution < -0.4 is 5.32 Å². The Morgan fingerprint density at radius 3 is 2.62 bits per heavy atom. The van der Waals surface area contributed by atoms with Crippen LogP contribution in [0.5, 0.6) is 0 Å². The maximum atomic E-state index is 3.94. The predicted molar refractivity (Wildman–Crippen MR) is 57.6 cm³/mol. The van der Waals surface area contributed by atoms with Gasteiger partial charge < -0.3 is 5.32 Å².